The topological polar surface area (TPSA) is 57.5 Å². The molecule has 13 heavy (non-hydrogen) atoms. The van der Waals surface area contributed by atoms with Crippen LogP contribution >= 0.6 is 0 Å². The molecule has 0 heterocycles. The van der Waals surface area contributed by atoms with E-state index in [4.69, 9.17) is 5.11 Å². The van der Waals surface area contributed by atoms with Crippen molar-refractivity contribution in [2.45, 2.75) is 12.5 Å². The molecule has 0 amide bonds. The Morgan fingerprint density at radius 2 is 1.92 bits per heavy atom. The number of hydrogen-bond acceptors (Lipinski definition) is 3. The number of aliphatic hydroxyl groups is 2. The zero-order valence-electron chi connectivity index (χ0n) is 7.18. The van der Waals surface area contributed by atoms with Crippen LogP contribution in [-0.2, 0) is 11.2 Å². The molecule has 0 saturated heterocycles. The third kappa shape index (κ3) is 2.97. The summed E-state index contributed by atoms with van der Waals surface area (Å²) in [5.41, 5.74) is 0.886. The van der Waals surface area contributed by atoms with Gasteiger partial charge in [-0.1, -0.05) is 30.3 Å². The van der Waals surface area contributed by atoms with E-state index in [-0.39, 0.29) is 6.42 Å². The summed E-state index contributed by atoms with van der Waals surface area (Å²) in [5, 5.41) is 17.7. The van der Waals surface area contributed by atoms with Gasteiger partial charge in [0, 0.05) is 6.42 Å². The van der Waals surface area contributed by atoms with Crippen molar-refractivity contribution in [3.8, 4) is 0 Å². The van der Waals surface area contributed by atoms with Gasteiger partial charge < -0.3 is 10.2 Å². The quantitative estimate of drug-likeness (QED) is 0.693. The lowest BCUT2D eigenvalue weighted by Crippen LogP contribution is -2.25. The molecule has 0 aromatic heterocycles. The Morgan fingerprint density at radius 3 is 2.46 bits per heavy atom. The van der Waals surface area contributed by atoms with Gasteiger partial charge in [0.25, 0.3) is 0 Å². The SMILES string of the molecule is O=C(CO)C(O)Cc1ccccc1. The Kier molecular flexibility index (Phi) is 3.61. The molecule has 70 valence electrons. The van der Waals surface area contributed by atoms with Gasteiger partial charge in [-0.15, -0.1) is 0 Å². The number of benzene rings is 1. The molecule has 1 aromatic rings. The molecule has 1 aromatic carbocycles. The van der Waals surface area contributed by atoms with E-state index in [0.29, 0.717) is 0 Å². The van der Waals surface area contributed by atoms with Gasteiger partial charge in [0.15, 0.2) is 5.78 Å². The van der Waals surface area contributed by atoms with E-state index in [2.05, 4.69) is 0 Å². The Bertz CT molecular complexity index is 269. The van der Waals surface area contributed by atoms with Crippen molar-refractivity contribution in [1.29, 1.82) is 0 Å². The van der Waals surface area contributed by atoms with Gasteiger partial charge in [-0.25, -0.2) is 0 Å². The maximum atomic E-state index is 10.8. The highest BCUT2D eigenvalue weighted by molar-refractivity contribution is 5.84. The lowest BCUT2D eigenvalue weighted by Gasteiger charge is -2.06. The average molecular weight is 180 g/mol. The van der Waals surface area contributed by atoms with Crippen molar-refractivity contribution >= 4 is 5.78 Å². The van der Waals surface area contributed by atoms with E-state index in [9.17, 15) is 9.90 Å². The number of Topliss-reactive ketones (excluding diaryl/α,β-unsaturated/α-hetero) is 1. The molecule has 0 bridgehead atoms. The van der Waals surface area contributed by atoms with Crippen LogP contribution < -0.4 is 0 Å². The Labute approximate surface area is 76.6 Å². The maximum Gasteiger partial charge on any atom is 0.186 e. The van der Waals surface area contributed by atoms with Crippen LogP contribution in [0.4, 0.5) is 0 Å². The Balaban J connectivity index is 2.55. The van der Waals surface area contributed by atoms with Gasteiger partial charge in [-0.05, 0) is 5.56 Å². The van der Waals surface area contributed by atoms with E-state index >= 15 is 0 Å². The fourth-order valence-corrected chi connectivity index (χ4v) is 1.06. The minimum atomic E-state index is -1.09. The van der Waals surface area contributed by atoms with E-state index in [1.807, 2.05) is 30.3 Å². The Hall–Kier alpha value is -1.19. The summed E-state index contributed by atoms with van der Waals surface area (Å²) in [5.74, 6) is -0.538. The van der Waals surface area contributed by atoms with Gasteiger partial charge in [-0.3, -0.25) is 4.79 Å². The normalized spacial score (nSPS) is 12.5. The van der Waals surface area contributed by atoms with Crippen LogP contribution in [-0.4, -0.2) is 28.7 Å². The second-order valence-electron chi connectivity index (χ2n) is 2.83. The monoisotopic (exact) mass is 180 g/mol. The largest absolute Gasteiger partial charge is 0.388 e. The second-order valence-corrected chi connectivity index (χ2v) is 2.83. The summed E-state index contributed by atoms with van der Waals surface area (Å²) in [6.45, 7) is -0.603. The number of aliphatic hydroxyl groups excluding tert-OH is 2. The zero-order chi connectivity index (χ0) is 9.68. The van der Waals surface area contributed by atoms with Gasteiger partial charge >= 0.3 is 0 Å². The number of carbonyl (C=O) groups excluding carboxylic acids is 1. The summed E-state index contributed by atoms with van der Waals surface area (Å²) < 4.78 is 0. The van der Waals surface area contributed by atoms with Crippen LogP contribution in [0.1, 0.15) is 5.56 Å². The van der Waals surface area contributed by atoms with Gasteiger partial charge in [-0.2, -0.15) is 0 Å². The number of ketones is 1. The van der Waals surface area contributed by atoms with Gasteiger partial charge in [0.05, 0.1) is 0 Å². The summed E-state index contributed by atoms with van der Waals surface area (Å²) in [7, 11) is 0. The molecule has 0 aliphatic rings. The summed E-state index contributed by atoms with van der Waals surface area (Å²) in [4.78, 5) is 10.8. The van der Waals surface area contributed by atoms with E-state index in [1.54, 1.807) is 0 Å². The molecule has 1 atom stereocenters. The smallest absolute Gasteiger partial charge is 0.186 e. The third-order valence-electron chi connectivity index (χ3n) is 1.80. The molecular weight excluding hydrogens is 168 g/mol. The van der Waals surface area contributed by atoms with Crippen molar-refractivity contribution in [3.63, 3.8) is 0 Å². The zero-order valence-corrected chi connectivity index (χ0v) is 7.18. The average Bonchev–Trinajstić information content (AvgIpc) is 2.18. The molecule has 0 spiro atoms. The molecule has 2 N–H and O–H groups in total. The molecule has 1 unspecified atom stereocenters. The van der Waals surface area contributed by atoms with E-state index in [1.165, 1.54) is 0 Å². The first-order chi connectivity index (χ1) is 6.24. The highest BCUT2D eigenvalue weighted by Gasteiger charge is 2.13. The van der Waals surface area contributed by atoms with Crippen molar-refractivity contribution < 1.29 is 15.0 Å². The summed E-state index contributed by atoms with van der Waals surface area (Å²) in [6, 6.07) is 9.20. The fourth-order valence-electron chi connectivity index (χ4n) is 1.06. The predicted molar refractivity (Wildman–Crippen MR) is 48.2 cm³/mol. The first-order valence-electron chi connectivity index (χ1n) is 4.09. The molecule has 0 saturated carbocycles. The van der Waals surface area contributed by atoms with E-state index < -0.39 is 18.5 Å². The van der Waals surface area contributed by atoms with Crippen LogP contribution in [0.3, 0.4) is 0 Å². The van der Waals surface area contributed by atoms with Crippen molar-refractivity contribution in [2.24, 2.45) is 0 Å². The minimum absolute atomic E-state index is 0.264. The molecule has 0 aliphatic heterocycles. The van der Waals surface area contributed by atoms with Crippen LogP contribution in [0.25, 0.3) is 0 Å². The van der Waals surface area contributed by atoms with Crippen LogP contribution in [0.15, 0.2) is 30.3 Å². The Morgan fingerprint density at radius 1 is 1.31 bits per heavy atom. The first kappa shape index (κ1) is 9.89. The van der Waals surface area contributed by atoms with Crippen LogP contribution in [0.5, 0.6) is 0 Å². The molecular formula is C10H12O3. The third-order valence-corrected chi connectivity index (χ3v) is 1.80. The molecule has 3 nitrogen and oxygen atoms in total. The van der Waals surface area contributed by atoms with Gasteiger partial charge in [0.2, 0.25) is 0 Å². The summed E-state index contributed by atoms with van der Waals surface area (Å²) in [6.07, 6.45) is -0.826. The standard InChI is InChI=1S/C10H12O3/c11-7-10(13)9(12)6-8-4-2-1-3-5-8/h1-5,9,11-12H,6-7H2. The lowest BCUT2D eigenvalue weighted by molar-refractivity contribution is -0.129. The maximum absolute atomic E-state index is 10.8. The highest BCUT2D eigenvalue weighted by atomic mass is 16.3. The van der Waals surface area contributed by atoms with Crippen LogP contribution in [0.2, 0.25) is 0 Å². The molecule has 1 rings (SSSR count). The molecule has 0 radical (unpaired) electrons. The minimum Gasteiger partial charge on any atom is -0.388 e. The number of carbonyl (C=O) groups is 1. The highest BCUT2D eigenvalue weighted by Crippen LogP contribution is 2.03. The fraction of sp³-hybridized carbons (Fsp3) is 0.300. The van der Waals surface area contributed by atoms with Crippen molar-refractivity contribution in [1.82, 2.24) is 0 Å². The number of rotatable bonds is 4. The van der Waals surface area contributed by atoms with E-state index in [0.717, 1.165) is 5.56 Å². The van der Waals surface area contributed by atoms with Gasteiger partial charge in [0.1, 0.15) is 12.7 Å². The second kappa shape index (κ2) is 4.74. The number of hydrogen-bond donors (Lipinski definition) is 2. The lowest BCUT2D eigenvalue weighted by atomic mass is 10.1. The molecule has 3 heteroatoms. The van der Waals surface area contributed by atoms with Crippen molar-refractivity contribution in [2.75, 3.05) is 6.61 Å². The summed E-state index contributed by atoms with van der Waals surface area (Å²) >= 11 is 0. The van der Waals surface area contributed by atoms with Crippen molar-refractivity contribution in [3.05, 3.63) is 35.9 Å². The molecule has 0 aliphatic carbocycles. The van der Waals surface area contributed by atoms with Crippen LogP contribution in [0, 0.1) is 0 Å². The molecule has 0 fully saturated rings. The predicted octanol–water partition coefficient (Wildman–Crippen LogP) is 0.151. The first-order valence-corrected chi connectivity index (χ1v) is 4.09.